The SMILES string of the molecule is CC1OCCC1(O)CNc1nn(C)c(=O)n(C)c1=O. The van der Waals surface area contributed by atoms with Gasteiger partial charge in [-0.15, -0.1) is 5.10 Å². The molecular formula is C11H18N4O4. The van der Waals surface area contributed by atoms with Crippen molar-refractivity contribution in [3.05, 3.63) is 20.8 Å². The molecule has 0 aromatic carbocycles. The van der Waals surface area contributed by atoms with Gasteiger partial charge in [0, 0.05) is 33.7 Å². The highest BCUT2D eigenvalue weighted by Crippen LogP contribution is 2.25. The lowest BCUT2D eigenvalue weighted by Crippen LogP contribution is -2.45. The second-order valence-corrected chi connectivity index (χ2v) is 4.84. The molecule has 2 atom stereocenters. The number of anilines is 1. The Balaban J connectivity index is 2.21. The zero-order chi connectivity index (χ0) is 14.2. The van der Waals surface area contributed by atoms with Crippen LogP contribution >= 0.6 is 0 Å². The number of aliphatic hydroxyl groups is 1. The highest BCUT2D eigenvalue weighted by Gasteiger charge is 2.39. The fraction of sp³-hybridized carbons (Fsp3) is 0.727. The smallest absolute Gasteiger partial charge is 0.346 e. The van der Waals surface area contributed by atoms with Crippen LogP contribution in [0.2, 0.25) is 0 Å². The Morgan fingerprint density at radius 2 is 2.21 bits per heavy atom. The summed E-state index contributed by atoms with van der Waals surface area (Å²) in [5, 5.41) is 17.0. The van der Waals surface area contributed by atoms with E-state index < -0.39 is 16.9 Å². The van der Waals surface area contributed by atoms with Crippen LogP contribution in [0.3, 0.4) is 0 Å². The molecular weight excluding hydrogens is 252 g/mol. The van der Waals surface area contributed by atoms with Crippen LogP contribution in [0.15, 0.2) is 9.59 Å². The van der Waals surface area contributed by atoms with Crippen molar-refractivity contribution in [2.24, 2.45) is 14.1 Å². The lowest BCUT2D eigenvalue weighted by atomic mass is 9.97. The average molecular weight is 270 g/mol. The van der Waals surface area contributed by atoms with E-state index in [1.165, 1.54) is 14.1 Å². The molecule has 0 radical (unpaired) electrons. The fourth-order valence-corrected chi connectivity index (χ4v) is 2.05. The molecule has 2 rings (SSSR count). The first-order chi connectivity index (χ1) is 8.85. The van der Waals surface area contributed by atoms with Crippen molar-refractivity contribution >= 4 is 5.82 Å². The van der Waals surface area contributed by atoms with Crippen LogP contribution in [0.25, 0.3) is 0 Å². The minimum atomic E-state index is -1.03. The van der Waals surface area contributed by atoms with E-state index in [9.17, 15) is 14.7 Å². The van der Waals surface area contributed by atoms with E-state index in [1.807, 2.05) is 0 Å². The Morgan fingerprint density at radius 3 is 2.79 bits per heavy atom. The quantitative estimate of drug-likeness (QED) is 0.688. The minimum Gasteiger partial charge on any atom is -0.385 e. The summed E-state index contributed by atoms with van der Waals surface area (Å²) in [6, 6.07) is 0. The van der Waals surface area contributed by atoms with Crippen LogP contribution in [-0.4, -0.2) is 44.3 Å². The van der Waals surface area contributed by atoms with Gasteiger partial charge in [-0.1, -0.05) is 0 Å². The van der Waals surface area contributed by atoms with Crippen molar-refractivity contribution in [2.45, 2.75) is 25.0 Å². The minimum absolute atomic E-state index is 0.0390. The monoisotopic (exact) mass is 270 g/mol. The number of aromatic nitrogens is 3. The Kier molecular flexibility index (Phi) is 3.46. The summed E-state index contributed by atoms with van der Waals surface area (Å²) in [6.07, 6.45) is 0.184. The largest absolute Gasteiger partial charge is 0.385 e. The third-order valence-electron chi connectivity index (χ3n) is 3.54. The van der Waals surface area contributed by atoms with Crippen LogP contribution in [0.4, 0.5) is 5.82 Å². The van der Waals surface area contributed by atoms with Crippen molar-refractivity contribution in [3.8, 4) is 0 Å². The van der Waals surface area contributed by atoms with Gasteiger partial charge in [0.1, 0.15) is 5.60 Å². The molecule has 2 heterocycles. The van der Waals surface area contributed by atoms with Crippen LogP contribution < -0.4 is 16.6 Å². The van der Waals surface area contributed by atoms with E-state index in [-0.39, 0.29) is 18.5 Å². The Hall–Kier alpha value is -1.67. The molecule has 0 amide bonds. The zero-order valence-corrected chi connectivity index (χ0v) is 11.2. The summed E-state index contributed by atoms with van der Waals surface area (Å²) in [5.41, 5.74) is -2.04. The van der Waals surface area contributed by atoms with E-state index in [0.29, 0.717) is 13.0 Å². The van der Waals surface area contributed by atoms with E-state index in [4.69, 9.17) is 4.74 Å². The molecule has 1 aliphatic heterocycles. The molecule has 8 heteroatoms. The van der Waals surface area contributed by atoms with Gasteiger partial charge in [-0.05, 0) is 6.92 Å². The first-order valence-electron chi connectivity index (χ1n) is 6.07. The molecule has 1 aliphatic rings. The number of rotatable bonds is 3. The van der Waals surface area contributed by atoms with E-state index in [2.05, 4.69) is 10.4 Å². The van der Waals surface area contributed by atoms with Gasteiger partial charge >= 0.3 is 5.69 Å². The molecule has 1 fully saturated rings. The van der Waals surface area contributed by atoms with Crippen LogP contribution in [-0.2, 0) is 18.8 Å². The van der Waals surface area contributed by atoms with Crippen LogP contribution in [0, 0.1) is 0 Å². The molecule has 8 nitrogen and oxygen atoms in total. The first kappa shape index (κ1) is 13.8. The van der Waals surface area contributed by atoms with Crippen molar-refractivity contribution in [3.63, 3.8) is 0 Å². The summed E-state index contributed by atoms with van der Waals surface area (Å²) < 4.78 is 7.34. The molecule has 19 heavy (non-hydrogen) atoms. The molecule has 0 spiro atoms. The summed E-state index contributed by atoms with van der Waals surface area (Å²) in [6.45, 7) is 2.41. The molecule has 1 aromatic rings. The second kappa shape index (κ2) is 4.78. The standard InChI is InChI=1S/C11H18N4O4/c1-7-11(18,4-5-19-7)6-12-8-9(16)14(2)10(17)15(3)13-8/h7,18H,4-6H2,1-3H3,(H,12,13). The summed E-state index contributed by atoms with van der Waals surface area (Å²) in [7, 11) is 2.84. The maximum Gasteiger partial charge on any atom is 0.346 e. The predicted octanol–water partition coefficient (Wildman–Crippen LogP) is -1.57. The van der Waals surface area contributed by atoms with E-state index in [1.54, 1.807) is 6.92 Å². The van der Waals surface area contributed by atoms with Gasteiger partial charge in [0.2, 0.25) is 5.82 Å². The molecule has 2 N–H and O–H groups in total. The van der Waals surface area contributed by atoms with Crippen molar-refractivity contribution in [1.29, 1.82) is 0 Å². The molecule has 2 unspecified atom stereocenters. The summed E-state index contributed by atoms with van der Waals surface area (Å²) >= 11 is 0. The van der Waals surface area contributed by atoms with E-state index >= 15 is 0 Å². The van der Waals surface area contributed by atoms with Crippen molar-refractivity contribution in [2.75, 3.05) is 18.5 Å². The Labute approximate surface area is 109 Å². The molecule has 1 aromatic heterocycles. The normalized spacial score (nSPS) is 26.6. The maximum absolute atomic E-state index is 11.8. The van der Waals surface area contributed by atoms with Crippen LogP contribution in [0.1, 0.15) is 13.3 Å². The number of nitrogens with one attached hydrogen (secondary N) is 1. The van der Waals surface area contributed by atoms with Gasteiger partial charge in [0.05, 0.1) is 6.10 Å². The average Bonchev–Trinajstić information content (AvgIpc) is 2.70. The third-order valence-corrected chi connectivity index (χ3v) is 3.54. The number of nitrogens with zero attached hydrogens (tertiary/aromatic N) is 3. The van der Waals surface area contributed by atoms with Crippen molar-refractivity contribution in [1.82, 2.24) is 14.3 Å². The van der Waals surface area contributed by atoms with Gasteiger partial charge < -0.3 is 15.2 Å². The molecule has 0 aliphatic carbocycles. The number of hydrogen-bond donors (Lipinski definition) is 2. The van der Waals surface area contributed by atoms with Crippen LogP contribution in [0.5, 0.6) is 0 Å². The maximum atomic E-state index is 11.8. The summed E-state index contributed by atoms with van der Waals surface area (Å²) in [5.74, 6) is 0.0390. The number of hydrogen-bond acceptors (Lipinski definition) is 6. The van der Waals surface area contributed by atoms with E-state index in [0.717, 1.165) is 9.25 Å². The molecule has 106 valence electrons. The lowest BCUT2D eigenvalue weighted by molar-refractivity contribution is -0.0176. The van der Waals surface area contributed by atoms with Crippen molar-refractivity contribution < 1.29 is 9.84 Å². The highest BCUT2D eigenvalue weighted by molar-refractivity contribution is 5.30. The van der Waals surface area contributed by atoms with Gasteiger partial charge in [0.15, 0.2) is 0 Å². The van der Waals surface area contributed by atoms with Gasteiger partial charge in [-0.2, -0.15) is 0 Å². The summed E-state index contributed by atoms with van der Waals surface area (Å²) in [4.78, 5) is 23.3. The predicted molar refractivity (Wildman–Crippen MR) is 68.2 cm³/mol. The lowest BCUT2D eigenvalue weighted by Gasteiger charge is -2.26. The topological polar surface area (TPSA) is 98.4 Å². The second-order valence-electron chi connectivity index (χ2n) is 4.84. The van der Waals surface area contributed by atoms with Gasteiger partial charge in [-0.25, -0.2) is 9.48 Å². The Bertz CT molecular complexity index is 593. The molecule has 0 saturated carbocycles. The van der Waals surface area contributed by atoms with Gasteiger partial charge in [0.25, 0.3) is 5.56 Å². The zero-order valence-electron chi connectivity index (χ0n) is 11.2. The molecule has 1 saturated heterocycles. The third kappa shape index (κ3) is 2.41. The molecule has 0 bridgehead atoms. The fourth-order valence-electron chi connectivity index (χ4n) is 2.05. The Morgan fingerprint density at radius 1 is 1.53 bits per heavy atom. The van der Waals surface area contributed by atoms with Gasteiger partial charge in [-0.3, -0.25) is 9.36 Å². The first-order valence-corrected chi connectivity index (χ1v) is 6.07. The number of aryl methyl sites for hydroxylation is 1. The highest BCUT2D eigenvalue weighted by atomic mass is 16.5. The number of ether oxygens (including phenoxy) is 1.